The molecule has 0 saturated carbocycles. The summed E-state index contributed by atoms with van der Waals surface area (Å²) in [5, 5.41) is 10.1. The lowest BCUT2D eigenvalue weighted by molar-refractivity contribution is -0.142. The smallest absolute Gasteiger partial charge is 0.306 e. The van der Waals surface area contributed by atoms with Crippen LogP contribution in [0.1, 0.15) is 304 Å². The van der Waals surface area contributed by atoms with Crippen LogP contribution in [0.5, 0.6) is 0 Å². The molecule has 1 N–H and O–H groups in total. The van der Waals surface area contributed by atoms with Gasteiger partial charge < -0.3 is 19.8 Å². The minimum absolute atomic E-state index is 0.162. The van der Waals surface area contributed by atoms with Crippen LogP contribution in [0.15, 0.2) is 0 Å². The lowest BCUT2D eigenvalue weighted by atomic mass is 9.95. The summed E-state index contributed by atoms with van der Waals surface area (Å²) in [4.78, 5) is 51.9. The van der Waals surface area contributed by atoms with E-state index in [-0.39, 0.29) is 17.7 Å². The van der Waals surface area contributed by atoms with Gasteiger partial charge in [-0.25, -0.2) is 0 Å². The van der Waals surface area contributed by atoms with Gasteiger partial charge in [0.05, 0.1) is 19.0 Å². The lowest BCUT2D eigenvalue weighted by Gasteiger charge is -2.37. The van der Waals surface area contributed by atoms with Gasteiger partial charge in [0.2, 0.25) is 11.8 Å². The van der Waals surface area contributed by atoms with Crippen LogP contribution in [0.25, 0.3) is 0 Å². The van der Waals surface area contributed by atoms with Crippen molar-refractivity contribution >= 4 is 17.8 Å². The largest absolute Gasteiger partial charge is 0.481 e. The molecule has 0 aromatic heterocycles. The van der Waals surface area contributed by atoms with E-state index in [9.17, 15) is 19.5 Å². The standard InChI is InChI=1S/C64H127N5O4/c1-6-11-16-21-26-27-28-29-30-34-39-43-50-66(52-45-47-61(64(72)73)46-40-35-25-20-15-10-5)59-62(70)68-55-57-69(58-56-68)63(71)60-67(51-44-38-33-24-19-14-9-4)54-53-65(48-41-36-31-22-17-12-7-2)49-42-37-32-23-18-13-8-3/h61H,6-60H2,1-5H3,(H,72,73). The van der Waals surface area contributed by atoms with Gasteiger partial charge in [0.1, 0.15) is 0 Å². The van der Waals surface area contributed by atoms with Gasteiger partial charge in [-0.3, -0.25) is 24.2 Å². The number of carbonyl (C=O) groups excluding carboxylic acids is 2. The quantitative estimate of drug-likeness (QED) is 0.0607. The normalized spacial score (nSPS) is 13.6. The van der Waals surface area contributed by atoms with Crippen LogP contribution in [0.2, 0.25) is 0 Å². The molecule has 1 rings (SSSR count). The minimum atomic E-state index is -0.662. The van der Waals surface area contributed by atoms with Crippen LogP contribution in [-0.4, -0.2) is 132 Å². The molecule has 9 nitrogen and oxygen atoms in total. The second-order valence-corrected chi connectivity index (χ2v) is 23.1. The van der Waals surface area contributed by atoms with Crippen molar-refractivity contribution in [2.24, 2.45) is 5.92 Å². The van der Waals surface area contributed by atoms with E-state index in [0.29, 0.717) is 45.7 Å². The first kappa shape index (κ1) is 69.3. The summed E-state index contributed by atoms with van der Waals surface area (Å²) in [7, 11) is 0. The molecule has 432 valence electrons. The van der Waals surface area contributed by atoms with Gasteiger partial charge in [0.15, 0.2) is 0 Å². The summed E-state index contributed by atoms with van der Waals surface area (Å²) in [6.45, 7) is 21.7. The Balaban J connectivity index is 2.86. The number of rotatable bonds is 56. The number of carboxylic acid groups (broad SMARTS) is 1. The van der Waals surface area contributed by atoms with Crippen LogP contribution in [0.3, 0.4) is 0 Å². The van der Waals surface area contributed by atoms with Crippen molar-refractivity contribution in [3.8, 4) is 0 Å². The predicted octanol–water partition coefficient (Wildman–Crippen LogP) is 16.7. The highest BCUT2D eigenvalue weighted by atomic mass is 16.4. The molecule has 2 amide bonds. The fourth-order valence-electron chi connectivity index (χ4n) is 11.1. The van der Waals surface area contributed by atoms with E-state index >= 15 is 0 Å². The Bertz CT molecular complexity index is 1190. The van der Waals surface area contributed by atoms with E-state index in [1.807, 2.05) is 9.80 Å². The average Bonchev–Trinajstić information content (AvgIpc) is 3.39. The van der Waals surface area contributed by atoms with E-state index in [4.69, 9.17) is 0 Å². The Hall–Kier alpha value is -1.71. The molecule has 1 fully saturated rings. The highest BCUT2D eigenvalue weighted by Gasteiger charge is 2.27. The van der Waals surface area contributed by atoms with Crippen molar-refractivity contribution in [1.82, 2.24) is 24.5 Å². The maximum Gasteiger partial charge on any atom is 0.306 e. The Labute approximate surface area is 455 Å². The molecule has 1 saturated heterocycles. The molecule has 9 heteroatoms. The summed E-state index contributed by atoms with van der Waals surface area (Å²) in [6.07, 6.45) is 52.7. The van der Waals surface area contributed by atoms with E-state index in [2.05, 4.69) is 49.3 Å². The van der Waals surface area contributed by atoms with E-state index < -0.39 is 5.97 Å². The highest BCUT2D eigenvalue weighted by Crippen LogP contribution is 2.20. The molecule has 1 unspecified atom stereocenters. The number of hydrogen-bond acceptors (Lipinski definition) is 6. The van der Waals surface area contributed by atoms with Crippen molar-refractivity contribution in [2.45, 2.75) is 304 Å². The third kappa shape index (κ3) is 42.1. The summed E-state index contributed by atoms with van der Waals surface area (Å²) < 4.78 is 0. The number of carboxylic acids is 1. The first-order chi connectivity index (χ1) is 35.8. The number of unbranched alkanes of at least 4 members (excludes halogenated alkanes) is 34. The molecule has 1 heterocycles. The molecule has 73 heavy (non-hydrogen) atoms. The van der Waals surface area contributed by atoms with Crippen molar-refractivity contribution in [3.05, 3.63) is 0 Å². The molecule has 0 bridgehead atoms. The maximum atomic E-state index is 14.1. The highest BCUT2D eigenvalue weighted by molar-refractivity contribution is 5.80. The lowest BCUT2D eigenvalue weighted by Crippen LogP contribution is -2.54. The van der Waals surface area contributed by atoms with Gasteiger partial charge in [-0.2, -0.15) is 0 Å². The molecule has 0 spiro atoms. The van der Waals surface area contributed by atoms with Crippen LogP contribution >= 0.6 is 0 Å². The van der Waals surface area contributed by atoms with Gasteiger partial charge >= 0.3 is 5.97 Å². The molecule has 0 radical (unpaired) electrons. The van der Waals surface area contributed by atoms with Crippen molar-refractivity contribution in [2.75, 3.05) is 85.1 Å². The zero-order valence-electron chi connectivity index (χ0n) is 49.9. The molecular weight excluding hydrogens is 903 g/mol. The zero-order chi connectivity index (χ0) is 53.1. The monoisotopic (exact) mass is 1030 g/mol. The summed E-state index contributed by atoms with van der Waals surface area (Å²) in [6, 6.07) is 0. The van der Waals surface area contributed by atoms with Crippen molar-refractivity contribution < 1.29 is 19.5 Å². The zero-order valence-corrected chi connectivity index (χ0v) is 49.9. The van der Waals surface area contributed by atoms with Crippen LogP contribution < -0.4 is 0 Å². The van der Waals surface area contributed by atoms with Gasteiger partial charge in [-0.05, 0) is 77.7 Å². The second-order valence-electron chi connectivity index (χ2n) is 23.1. The third-order valence-electron chi connectivity index (χ3n) is 16.3. The summed E-state index contributed by atoms with van der Waals surface area (Å²) in [5.74, 6) is -0.569. The molecule has 0 aromatic rings. The van der Waals surface area contributed by atoms with Crippen LogP contribution in [0, 0.1) is 5.92 Å². The molecular formula is C64H127N5O4. The summed E-state index contributed by atoms with van der Waals surface area (Å²) in [5.41, 5.74) is 0. The third-order valence-corrected chi connectivity index (χ3v) is 16.3. The van der Waals surface area contributed by atoms with Crippen molar-refractivity contribution in [1.29, 1.82) is 0 Å². The summed E-state index contributed by atoms with van der Waals surface area (Å²) >= 11 is 0. The molecule has 1 aliphatic rings. The van der Waals surface area contributed by atoms with Gasteiger partial charge in [-0.15, -0.1) is 0 Å². The first-order valence-electron chi connectivity index (χ1n) is 32.7. The van der Waals surface area contributed by atoms with Gasteiger partial charge in [0, 0.05) is 39.3 Å². The molecule has 0 aromatic carbocycles. The fourth-order valence-corrected chi connectivity index (χ4v) is 11.1. The Morgan fingerprint density at radius 1 is 0.315 bits per heavy atom. The molecule has 1 aliphatic heterocycles. The maximum absolute atomic E-state index is 14.1. The first-order valence-corrected chi connectivity index (χ1v) is 32.7. The van der Waals surface area contributed by atoms with Gasteiger partial charge in [0.25, 0.3) is 0 Å². The molecule has 0 aliphatic carbocycles. The number of nitrogens with zero attached hydrogens (tertiary/aromatic N) is 5. The average molecular weight is 1030 g/mol. The van der Waals surface area contributed by atoms with Gasteiger partial charge in [-0.1, -0.05) is 259 Å². The minimum Gasteiger partial charge on any atom is -0.481 e. The molecule has 1 atom stereocenters. The van der Waals surface area contributed by atoms with E-state index in [1.165, 1.54) is 238 Å². The topological polar surface area (TPSA) is 87.6 Å². The number of amides is 2. The SMILES string of the molecule is CCCCCCCCCCCCCCN(CCCC(CCCCCCCC)C(=O)O)CC(=O)N1CCN(C(=O)CN(CCCCCCCCC)CCN(CCCCCCCCC)CCCCCCCCC)CC1. The van der Waals surface area contributed by atoms with Crippen LogP contribution in [0.4, 0.5) is 0 Å². The Morgan fingerprint density at radius 3 is 0.863 bits per heavy atom. The Morgan fingerprint density at radius 2 is 0.548 bits per heavy atom. The van der Waals surface area contributed by atoms with Crippen molar-refractivity contribution in [3.63, 3.8) is 0 Å². The van der Waals surface area contributed by atoms with E-state index in [0.717, 1.165) is 71.2 Å². The number of hydrogen-bond donors (Lipinski definition) is 1. The Kier molecular flexibility index (Phi) is 49.7. The predicted molar refractivity (Wildman–Crippen MR) is 316 cm³/mol. The van der Waals surface area contributed by atoms with E-state index in [1.54, 1.807) is 0 Å². The van der Waals surface area contributed by atoms with Crippen LogP contribution in [-0.2, 0) is 14.4 Å². The second kappa shape index (κ2) is 52.3. The fraction of sp³-hybridized carbons (Fsp3) is 0.953. The number of aliphatic carboxylic acids is 1. The number of piperazine rings is 1. The number of carbonyl (C=O) groups is 3.